The fourth-order valence-corrected chi connectivity index (χ4v) is 0.657. The van der Waals surface area contributed by atoms with Crippen LogP contribution in [0.2, 0.25) is 0 Å². The second-order valence-corrected chi connectivity index (χ2v) is 3.78. The van der Waals surface area contributed by atoms with Crippen LogP contribution in [-0.2, 0) is 9.53 Å². The summed E-state index contributed by atoms with van der Waals surface area (Å²) >= 11 is 0. The molecule has 0 aliphatic rings. The molecule has 0 fully saturated rings. The van der Waals surface area contributed by atoms with Crippen LogP contribution < -0.4 is 11.1 Å². The first-order chi connectivity index (χ1) is 6.26. The van der Waals surface area contributed by atoms with E-state index in [1.165, 1.54) is 0 Å². The van der Waals surface area contributed by atoms with Crippen molar-refractivity contribution in [1.29, 1.82) is 0 Å². The summed E-state index contributed by atoms with van der Waals surface area (Å²) in [4.78, 5) is 21.7. The van der Waals surface area contributed by atoms with Crippen molar-refractivity contribution in [2.75, 3.05) is 6.61 Å². The van der Waals surface area contributed by atoms with Gasteiger partial charge in [-0.3, -0.25) is 4.79 Å². The van der Waals surface area contributed by atoms with E-state index in [2.05, 4.69) is 5.32 Å². The van der Waals surface area contributed by atoms with Gasteiger partial charge in [0.1, 0.15) is 11.6 Å². The molecule has 0 aliphatic heterocycles. The van der Waals surface area contributed by atoms with E-state index >= 15 is 0 Å². The zero-order valence-electron chi connectivity index (χ0n) is 8.53. The first kappa shape index (κ1) is 12.7. The van der Waals surface area contributed by atoms with Crippen molar-refractivity contribution in [2.24, 2.45) is 5.73 Å². The minimum atomic E-state index is -1.11. The molecule has 0 bridgehead atoms. The highest BCUT2D eigenvalue weighted by molar-refractivity contribution is 5.84. The van der Waals surface area contributed by atoms with Gasteiger partial charge in [-0.05, 0) is 20.8 Å². The third-order valence-corrected chi connectivity index (χ3v) is 1.22. The standard InChI is InChI=1S/C8H16N2O4/c1-8(2,3)14-7(13)10-5(4-11)6(9)12/h5,11H,4H2,1-3H3,(H2,9,12)(H,10,13)/t5-/m1/s1. The van der Waals surface area contributed by atoms with Gasteiger partial charge in [-0.15, -0.1) is 0 Å². The predicted molar refractivity (Wildman–Crippen MR) is 49.4 cm³/mol. The topological polar surface area (TPSA) is 102 Å². The molecule has 0 aromatic heterocycles. The van der Waals surface area contributed by atoms with Crippen LogP contribution in [0, 0.1) is 0 Å². The Morgan fingerprint density at radius 1 is 1.50 bits per heavy atom. The molecule has 82 valence electrons. The van der Waals surface area contributed by atoms with E-state index in [1.54, 1.807) is 20.8 Å². The zero-order chi connectivity index (χ0) is 11.4. The van der Waals surface area contributed by atoms with Crippen molar-refractivity contribution in [2.45, 2.75) is 32.4 Å². The Kier molecular flexibility index (Phi) is 4.36. The third kappa shape index (κ3) is 5.36. The molecule has 0 radical (unpaired) electrons. The number of hydrogen-bond acceptors (Lipinski definition) is 4. The summed E-state index contributed by atoms with van der Waals surface area (Å²) < 4.78 is 4.85. The SMILES string of the molecule is CC(C)(C)OC(=O)N[C@H](CO)C(N)=O. The van der Waals surface area contributed by atoms with Crippen molar-refractivity contribution in [3.63, 3.8) is 0 Å². The van der Waals surface area contributed by atoms with Gasteiger partial charge in [0.2, 0.25) is 5.91 Å². The molecule has 6 nitrogen and oxygen atoms in total. The number of ether oxygens (including phenoxy) is 1. The number of amides is 2. The molecule has 0 unspecified atom stereocenters. The van der Waals surface area contributed by atoms with E-state index < -0.39 is 30.3 Å². The molecule has 1 atom stereocenters. The summed E-state index contributed by atoms with van der Waals surface area (Å²) in [7, 11) is 0. The second kappa shape index (κ2) is 4.80. The molecule has 4 N–H and O–H groups in total. The molecule has 2 amide bonds. The van der Waals surface area contributed by atoms with Crippen molar-refractivity contribution >= 4 is 12.0 Å². The Hall–Kier alpha value is -1.30. The Morgan fingerprint density at radius 2 is 2.00 bits per heavy atom. The Balaban J connectivity index is 4.11. The average molecular weight is 204 g/mol. The average Bonchev–Trinajstić information content (AvgIpc) is 1.96. The first-order valence-corrected chi connectivity index (χ1v) is 4.16. The van der Waals surface area contributed by atoms with Gasteiger partial charge in [0.25, 0.3) is 0 Å². The largest absolute Gasteiger partial charge is 0.444 e. The lowest BCUT2D eigenvalue weighted by molar-refractivity contribution is -0.120. The predicted octanol–water partition coefficient (Wildman–Crippen LogP) is -0.643. The van der Waals surface area contributed by atoms with Crippen LogP contribution in [0.15, 0.2) is 0 Å². The summed E-state index contributed by atoms with van der Waals surface area (Å²) in [5, 5.41) is 10.8. The highest BCUT2D eigenvalue weighted by Crippen LogP contribution is 2.06. The highest BCUT2D eigenvalue weighted by atomic mass is 16.6. The highest BCUT2D eigenvalue weighted by Gasteiger charge is 2.21. The van der Waals surface area contributed by atoms with Gasteiger partial charge in [-0.25, -0.2) is 4.79 Å². The minimum Gasteiger partial charge on any atom is -0.444 e. The zero-order valence-corrected chi connectivity index (χ0v) is 8.53. The lowest BCUT2D eigenvalue weighted by Gasteiger charge is -2.21. The maximum atomic E-state index is 11.1. The molecule has 0 rings (SSSR count). The molecule has 0 heterocycles. The number of aliphatic hydroxyl groups is 1. The van der Waals surface area contributed by atoms with E-state index in [9.17, 15) is 9.59 Å². The third-order valence-electron chi connectivity index (χ3n) is 1.22. The van der Waals surface area contributed by atoms with Gasteiger partial charge < -0.3 is 20.9 Å². The number of aliphatic hydroxyl groups excluding tert-OH is 1. The van der Waals surface area contributed by atoms with Crippen LogP contribution in [0.5, 0.6) is 0 Å². The van der Waals surface area contributed by atoms with Gasteiger partial charge in [0, 0.05) is 0 Å². The molecule has 6 heteroatoms. The summed E-state index contributed by atoms with van der Waals surface area (Å²) in [5.74, 6) is -0.807. The molecule has 0 saturated carbocycles. The lowest BCUT2D eigenvalue weighted by Crippen LogP contribution is -2.48. The number of carbonyl (C=O) groups is 2. The van der Waals surface area contributed by atoms with E-state index in [0.717, 1.165) is 0 Å². The number of carbonyl (C=O) groups excluding carboxylic acids is 2. The van der Waals surface area contributed by atoms with E-state index in [4.69, 9.17) is 15.6 Å². The van der Waals surface area contributed by atoms with Gasteiger partial charge in [0.15, 0.2) is 0 Å². The number of nitrogens with one attached hydrogen (secondary N) is 1. The van der Waals surface area contributed by atoms with E-state index in [0.29, 0.717) is 0 Å². The van der Waals surface area contributed by atoms with Gasteiger partial charge in [0.05, 0.1) is 6.61 Å². The minimum absolute atomic E-state index is 0.547. The quantitative estimate of drug-likeness (QED) is 0.569. The Labute approximate surface area is 82.4 Å². The summed E-state index contributed by atoms with van der Waals surface area (Å²) in [6, 6.07) is -1.11. The number of primary amides is 1. The number of nitrogens with two attached hydrogens (primary N) is 1. The molecule has 0 aliphatic carbocycles. The van der Waals surface area contributed by atoms with Crippen LogP contribution >= 0.6 is 0 Å². The van der Waals surface area contributed by atoms with Crippen molar-refractivity contribution in [3.8, 4) is 0 Å². The van der Waals surface area contributed by atoms with Crippen molar-refractivity contribution < 1.29 is 19.4 Å². The van der Waals surface area contributed by atoms with E-state index in [-0.39, 0.29) is 0 Å². The smallest absolute Gasteiger partial charge is 0.408 e. The second-order valence-electron chi connectivity index (χ2n) is 3.78. The molecule has 14 heavy (non-hydrogen) atoms. The lowest BCUT2D eigenvalue weighted by atomic mass is 10.2. The van der Waals surface area contributed by atoms with Crippen LogP contribution in [0.4, 0.5) is 4.79 Å². The number of alkyl carbamates (subject to hydrolysis) is 1. The normalized spacial score (nSPS) is 13.1. The number of hydrogen-bond donors (Lipinski definition) is 3. The Morgan fingerprint density at radius 3 is 2.29 bits per heavy atom. The van der Waals surface area contributed by atoms with E-state index in [1.807, 2.05) is 0 Å². The molecule has 0 aromatic rings. The number of rotatable bonds is 3. The van der Waals surface area contributed by atoms with Crippen LogP contribution in [0.1, 0.15) is 20.8 Å². The molecule has 0 aromatic carbocycles. The fraction of sp³-hybridized carbons (Fsp3) is 0.750. The van der Waals surface area contributed by atoms with Gasteiger partial charge >= 0.3 is 6.09 Å². The van der Waals surface area contributed by atoms with Crippen molar-refractivity contribution in [3.05, 3.63) is 0 Å². The first-order valence-electron chi connectivity index (χ1n) is 4.16. The Bertz CT molecular complexity index is 222. The van der Waals surface area contributed by atoms with Crippen LogP contribution in [0.3, 0.4) is 0 Å². The molecule has 0 saturated heterocycles. The monoisotopic (exact) mass is 204 g/mol. The summed E-state index contributed by atoms with van der Waals surface area (Å²) in [6.45, 7) is 4.51. The molecule has 0 spiro atoms. The maximum absolute atomic E-state index is 11.1. The molecular weight excluding hydrogens is 188 g/mol. The van der Waals surface area contributed by atoms with Gasteiger partial charge in [-0.2, -0.15) is 0 Å². The maximum Gasteiger partial charge on any atom is 0.408 e. The molecular formula is C8H16N2O4. The summed E-state index contributed by atoms with van der Waals surface area (Å²) in [6.07, 6.45) is -0.782. The van der Waals surface area contributed by atoms with Crippen LogP contribution in [-0.4, -0.2) is 35.4 Å². The van der Waals surface area contributed by atoms with Gasteiger partial charge in [-0.1, -0.05) is 0 Å². The fourth-order valence-electron chi connectivity index (χ4n) is 0.657. The van der Waals surface area contributed by atoms with Crippen LogP contribution in [0.25, 0.3) is 0 Å². The van der Waals surface area contributed by atoms with Crippen molar-refractivity contribution in [1.82, 2.24) is 5.32 Å². The summed E-state index contributed by atoms with van der Waals surface area (Å²) in [5.41, 5.74) is 4.24.